The summed E-state index contributed by atoms with van der Waals surface area (Å²) in [6, 6.07) is 4.24. The molecule has 0 amide bonds. The van der Waals surface area contributed by atoms with Crippen LogP contribution >= 0.6 is 0 Å². The van der Waals surface area contributed by atoms with E-state index in [0.29, 0.717) is 5.92 Å². The average Bonchev–Trinajstić information content (AvgIpc) is 2.90. The van der Waals surface area contributed by atoms with Crippen LogP contribution in [0.4, 0.5) is 4.39 Å². The number of benzene rings is 1. The van der Waals surface area contributed by atoms with Crippen molar-refractivity contribution in [1.29, 1.82) is 0 Å². The zero-order chi connectivity index (χ0) is 13.8. The van der Waals surface area contributed by atoms with Crippen LogP contribution in [0.15, 0.2) is 12.1 Å². The van der Waals surface area contributed by atoms with Gasteiger partial charge in [-0.05, 0) is 49.9 Å². The lowest BCUT2D eigenvalue weighted by Crippen LogP contribution is -2.29. The third-order valence-electron chi connectivity index (χ3n) is 3.87. The lowest BCUT2D eigenvalue weighted by Gasteiger charge is -2.25. The largest absolute Gasteiger partial charge is 0.381 e. The van der Waals surface area contributed by atoms with Crippen LogP contribution in [-0.2, 0) is 4.74 Å². The molecular formula is C16H24FNO. The minimum absolute atomic E-state index is 0.0827. The number of hydrogen-bond acceptors (Lipinski definition) is 2. The molecule has 1 aromatic rings. The van der Waals surface area contributed by atoms with Crippen LogP contribution in [0.5, 0.6) is 0 Å². The predicted octanol–water partition coefficient (Wildman–Crippen LogP) is 3.52. The van der Waals surface area contributed by atoms with Crippen molar-refractivity contribution >= 4 is 0 Å². The van der Waals surface area contributed by atoms with Gasteiger partial charge in [0.15, 0.2) is 0 Å². The average molecular weight is 265 g/mol. The van der Waals surface area contributed by atoms with Crippen LogP contribution in [0.2, 0.25) is 0 Å². The molecule has 0 radical (unpaired) electrons. The fraction of sp³-hybridized carbons (Fsp3) is 0.625. The maximum Gasteiger partial charge on any atom is 0.129 e. The van der Waals surface area contributed by atoms with Gasteiger partial charge in [-0.25, -0.2) is 4.39 Å². The Morgan fingerprint density at radius 2 is 2.05 bits per heavy atom. The predicted molar refractivity (Wildman–Crippen MR) is 75.8 cm³/mol. The van der Waals surface area contributed by atoms with Gasteiger partial charge in [0.05, 0.1) is 6.61 Å². The second-order valence-electron chi connectivity index (χ2n) is 5.52. The summed E-state index contributed by atoms with van der Waals surface area (Å²) in [5, 5.41) is 3.60. The molecule has 1 aromatic carbocycles. The molecule has 3 heteroatoms. The van der Waals surface area contributed by atoms with E-state index in [2.05, 4.69) is 12.2 Å². The Labute approximate surface area is 115 Å². The van der Waals surface area contributed by atoms with Gasteiger partial charge in [0.1, 0.15) is 5.82 Å². The molecule has 106 valence electrons. The molecule has 0 spiro atoms. The van der Waals surface area contributed by atoms with E-state index in [9.17, 15) is 4.39 Å². The Morgan fingerprint density at radius 1 is 1.37 bits per heavy atom. The first kappa shape index (κ1) is 14.5. The minimum Gasteiger partial charge on any atom is -0.381 e. The van der Waals surface area contributed by atoms with E-state index in [4.69, 9.17) is 4.74 Å². The zero-order valence-corrected chi connectivity index (χ0v) is 12.1. The Kier molecular flexibility index (Phi) is 4.94. The van der Waals surface area contributed by atoms with Crippen molar-refractivity contribution in [3.05, 3.63) is 34.6 Å². The van der Waals surface area contributed by atoms with Gasteiger partial charge in [0.2, 0.25) is 0 Å². The van der Waals surface area contributed by atoms with Crippen LogP contribution in [0.25, 0.3) is 0 Å². The summed E-state index contributed by atoms with van der Waals surface area (Å²) in [4.78, 5) is 0. The second-order valence-corrected chi connectivity index (χ2v) is 5.52. The number of nitrogens with one attached hydrogen (secondary N) is 1. The maximum absolute atomic E-state index is 13.8. The number of rotatable bonds is 5. The summed E-state index contributed by atoms with van der Waals surface area (Å²) in [7, 11) is 0. The molecule has 0 bridgehead atoms. The fourth-order valence-corrected chi connectivity index (χ4v) is 2.83. The highest BCUT2D eigenvalue weighted by atomic mass is 19.1. The topological polar surface area (TPSA) is 21.3 Å². The SMILES string of the molecule is CCCNC(c1cc(C)c(F)c(C)c1)C1CCOC1. The van der Waals surface area contributed by atoms with Gasteiger partial charge in [-0.15, -0.1) is 0 Å². The fourth-order valence-electron chi connectivity index (χ4n) is 2.83. The molecule has 19 heavy (non-hydrogen) atoms. The van der Waals surface area contributed by atoms with Crippen LogP contribution < -0.4 is 5.32 Å². The summed E-state index contributed by atoms with van der Waals surface area (Å²) in [5.41, 5.74) is 2.66. The van der Waals surface area contributed by atoms with Crippen molar-refractivity contribution in [3.63, 3.8) is 0 Å². The Bertz CT molecular complexity index is 404. The number of halogens is 1. The van der Waals surface area contributed by atoms with Gasteiger partial charge in [-0.3, -0.25) is 0 Å². The first-order chi connectivity index (χ1) is 9.13. The van der Waals surface area contributed by atoms with Gasteiger partial charge in [0, 0.05) is 18.6 Å². The molecule has 2 atom stereocenters. The molecule has 0 aliphatic carbocycles. The molecule has 1 N–H and O–H groups in total. The normalized spacial score (nSPS) is 20.7. The van der Waals surface area contributed by atoms with Gasteiger partial charge >= 0.3 is 0 Å². The third-order valence-corrected chi connectivity index (χ3v) is 3.87. The highest BCUT2D eigenvalue weighted by molar-refractivity contribution is 5.32. The molecule has 2 nitrogen and oxygen atoms in total. The molecule has 1 aliphatic rings. The third kappa shape index (κ3) is 3.34. The van der Waals surface area contributed by atoms with Gasteiger partial charge in [-0.1, -0.05) is 19.1 Å². The molecule has 0 saturated carbocycles. The van der Waals surface area contributed by atoms with Crippen molar-refractivity contribution in [3.8, 4) is 0 Å². The molecule has 1 saturated heterocycles. The van der Waals surface area contributed by atoms with Crippen molar-refractivity contribution in [1.82, 2.24) is 5.32 Å². The second kappa shape index (κ2) is 6.49. The summed E-state index contributed by atoms with van der Waals surface area (Å²) >= 11 is 0. The number of aryl methyl sites for hydroxylation is 2. The van der Waals surface area contributed by atoms with E-state index in [-0.39, 0.29) is 11.9 Å². The molecule has 2 unspecified atom stereocenters. The number of ether oxygens (including phenoxy) is 1. The van der Waals surface area contributed by atoms with Gasteiger partial charge in [-0.2, -0.15) is 0 Å². The summed E-state index contributed by atoms with van der Waals surface area (Å²) < 4.78 is 19.3. The molecule has 2 rings (SSSR count). The van der Waals surface area contributed by atoms with E-state index in [1.54, 1.807) is 0 Å². The first-order valence-electron chi connectivity index (χ1n) is 7.21. The van der Waals surface area contributed by atoms with Crippen LogP contribution in [0.3, 0.4) is 0 Å². The van der Waals surface area contributed by atoms with Gasteiger partial charge in [0.25, 0.3) is 0 Å². The molecule has 0 aromatic heterocycles. The minimum atomic E-state index is -0.0827. The molecule has 1 aliphatic heterocycles. The van der Waals surface area contributed by atoms with Crippen molar-refractivity contribution in [2.75, 3.05) is 19.8 Å². The van der Waals surface area contributed by atoms with E-state index in [1.165, 1.54) is 5.56 Å². The van der Waals surface area contributed by atoms with Crippen molar-refractivity contribution in [2.24, 2.45) is 5.92 Å². The van der Waals surface area contributed by atoms with Crippen molar-refractivity contribution in [2.45, 2.75) is 39.7 Å². The highest BCUT2D eigenvalue weighted by Gasteiger charge is 2.27. The lowest BCUT2D eigenvalue weighted by molar-refractivity contribution is 0.176. The van der Waals surface area contributed by atoms with E-state index in [1.807, 2.05) is 26.0 Å². The standard InChI is InChI=1S/C16H24FNO/c1-4-6-18-16(13-5-7-19-10-13)14-8-11(2)15(17)12(3)9-14/h8-9,13,16,18H,4-7,10H2,1-3H3. The quantitative estimate of drug-likeness (QED) is 0.879. The summed E-state index contributed by atoms with van der Waals surface area (Å²) in [6.07, 6.45) is 2.18. The van der Waals surface area contributed by atoms with Crippen LogP contribution in [-0.4, -0.2) is 19.8 Å². The highest BCUT2D eigenvalue weighted by Crippen LogP contribution is 2.30. The van der Waals surface area contributed by atoms with E-state index < -0.39 is 0 Å². The molecular weight excluding hydrogens is 241 g/mol. The lowest BCUT2D eigenvalue weighted by atomic mass is 9.90. The monoisotopic (exact) mass is 265 g/mol. The summed E-state index contributed by atoms with van der Waals surface area (Å²) in [5.74, 6) is 0.413. The summed E-state index contributed by atoms with van der Waals surface area (Å²) in [6.45, 7) is 8.47. The van der Waals surface area contributed by atoms with Crippen LogP contribution in [0, 0.1) is 25.6 Å². The Hall–Kier alpha value is -0.930. The first-order valence-corrected chi connectivity index (χ1v) is 7.21. The Balaban J connectivity index is 2.26. The number of hydrogen-bond donors (Lipinski definition) is 1. The van der Waals surface area contributed by atoms with Gasteiger partial charge < -0.3 is 10.1 Å². The maximum atomic E-state index is 13.8. The van der Waals surface area contributed by atoms with Crippen LogP contribution in [0.1, 0.15) is 42.5 Å². The Morgan fingerprint density at radius 3 is 2.58 bits per heavy atom. The van der Waals surface area contributed by atoms with Crippen molar-refractivity contribution < 1.29 is 9.13 Å². The zero-order valence-electron chi connectivity index (χ0n) is 12.1. The molecule has 1 fully saturated rings. The molecule has 1 heterocycles. The van der Waals surface area contributed by atoms with E-state index in [0.717, 1.165) is 43.7 Å². The van der Waals surface area contributed by atoms with E-state index >= 15 is 0 Å². The smallest absolute Gasteiger partial charge is 0.129 e.